The summed E-state index contributed by atoms with van der Waals surface area (Å²) in [6.07, 6.45) is 9.30. The summed E-state index contributed by atoms with van der Waals surface area (Å²) in [5.41, 5.74) is -0.416. The Morgan fingerprint density at radius 2 is 1.90 bits per heavy atom. The van der Waals surface area contributed by atoms with Crippen molar-refractivity contribution in [1.82, 2.24) is 10.6 Å². The Morgan fingerprint density at radius 1 is 1.14 bits per heavy atom. The molecule has 3 unspecified atom stereocenters. The van der Waals surface area contributed by atoms with E-state index in [1.54, 1.807) is 0 Å². The number of rotatable bonds is 4. The number of ether oxygens (including phenoxy) is 1. The highest BCUT2D eigenvalue weighted by Gasteiger charge is 2.37. The van der Waals surface area contributed by atoms with Gasteiger partial charge in [-0.15, -0.1) is 0 Å². The second kappa shape index (κ2) is 5.64. The maximum atomic E-state index is 11.7. The molecule has 0 aromatic rings. The van der Waals surface area contributed by atoms with Gasteiger partial charge in [0.2, 0.25) is 0 Å². The molecule has 0 aromatic heterocycles. The van der Waals surface area contributed by atoms with E-state index in [2.05, 4.69) is 22.8 Å². The summed E-state index contributed by atoms with van der Waals surface area (Å²) in [6, 6.07) is 0.838. The van der Waals surface area contributed by atoms with Crippen molar-refractivity contribution < 1.29 is 9.53 Å². The topological polar surface area (TPSA) is 50.4 Å². The summed E-state index contributed by atoms with van der Waals surface area (Å²) in [5.74, 6) is 2.50. The van der Waals surface area contributed by atoms with E-state index in [0.29, 0.717) is 6.04 Å². The van der Waals surface area contributed by atoms with Gasteiger partial charge in [0.1, 0.15) is 5.60 Å². The Morgan fingerprint density at radius 3 is 2.48 bits per heavy atom. The summed E-state index contributed by atoms with van der Waals surface area (Å²) < 4.78 is 5.28. The molecule has 0 heterocycles. The second-order valence-electron chi connectivity index (χ2n) is 7.96. The van der Waals surface area contributed by atoms with Crippen molar-refractivity contribution in [1.29, 1.82) is 0 Å². The van der Waals surface area contributed by atoms with Crippen molar-refractivity contribution >= 4 is 6.09 Å². The molecular weight excluding hydrogens is 264 g/mol. The van der Waals surface area contributed by atoms with Crippen LogP contribution >= 0.6 is 0 Å². The third-order valence-corrected chi connectivity index (χ3v) is 4.94. The minimum Gasteiger partial charge on any atom is -0.444 e. The first kappa shape index (κ1) is 14.9. The van der Waals surface area contributed by atoms with Crippen LogP contribution in [0.15, 0.2) is 12.2 Å². The summed E-state index contributed by atoms with van der Waals surface area (Å²) in [7, 11) is 0. The highest BCUT2D eigenvalue weighted by Crippen LogP contribution is 2.43. The first-order valence-corrected chi connectivity index (χ1v) is 8.30. The third-order valence-electron chi connectivity index (χ3n) is 4.94. The Labute approximate surface area is 127 Å². The largest absolute Gasteiger partial charge is 0.444 e. The van der Waals surface area contributed by atoms with Gasteiger partial charge in [0.25, 0.3) is 0 Å². The molecule has 2 bridgehead atoms. The number of alkyl carbamates (subject to hydrolysis) is 1. The summed E-state index contributed by atoms with van der Waals surface area (Å²) in [5, 5.41) is 6.62. The fourth-order valence-corrected chi connectivity index (χ4v) is 3.82. The number of fused-ring (bicyclic) bond motifs is 2. The zero-order valence-electron chi connectivity index (χ0n) is 13.4. The van der Waals surface area contributed by atoms with Crippen LogP contribution in [0.4, 0.5) is 4.79 Å². The average Bonchev–Trinajstić information content (AvgIpc) is 2.91. The lowest BCUT2D eigenvalue weighted by atomic mass is 9.85. The first-order chi connectivity index (χ1) is 9.89. The van der Waals surface area contributed by atoms with Crippen molar-refractivity contribution in [2.24, 2.45) is 17.8 Å². The van der Waals surface area contributed by atoms with Crippen LogP contribution < -0.4 is 10.6 Å². The van der Waals surface area contributed by atoms with Gasteiger partial charge in [-0.1, -0.05) is 12.2 Å². The van der Waals surface area contributed by atoms with Crippen LogP contribution in [0.2, 0.25) is 0 Å². The number of allylic oxidation sites excluding steroid dienone is 2. The van der Waals surface area contributed by atoms with Crippen LogP contribution in [0.3, 0.4) is 0 Å². The van der Waals surface area contributed by atoms with Crippen molar-refractivity contribution in [3.63, 3.8) is 0 Å². The van der Waals surface area contributed by atoms with E-state index in [1.165, 1.54) is 12.8 Å². The molecular formula is C17H28N2O2. The molecule has 0 spiro atoms. The SMILES string of the molecule is CC(C)(C)OC(=O)NC1CC(NCC2CC3C=CC2C3)C1. The molecule has 4 nitrogen and oxygen atoms in total. The predicted molar refractivity (Wildman–Crippen MR) is 83.0 cm³/mol. The fraction of sp³-hybridized carbons (Fsp3) is 0.824. The fourth-order valence-electron chi connectivity index (χ4n) is 3.82. The molecule has 3 aliphatic rings. The van der Waals surface area contributed by atoms with Gasteiger partial charge in [0.15, 0.2) is 0 Å². The van der Waals surface area contributed by atoms with E-state index in [9.17, 15) is 4.79 Å². The second-order valence-corrected chi connectivity index (χ2v) is 7.96. The molecule has 3 rings (SSSR count). The standard InChI is InChI=1S/C17H28N2O2/c1-17(2,3)21-16(20)19-15-8-14(9-15)18-10-13-7-11-4-5-12(13)6-11/h4-5,11-15,18H,6-10H2,1-3H3,(H,19,20). The molecule has 3 aliphatic carbocycles. The Balaban J connectivity index is 1.30. The number of hydrogen-bond acceptors (Lipinski definition) is 3. The van der Waals surface area contributed by atoms with E-state index in [0.717, 1.165) is 37.1 Å². The van der Waals surface area contributed by atoms with Gasteiger partial charge in [-0.25, -0.2) is 4.79 Å². The highest BCUT2D eigenvalue weighted by molar-refractivity contribution is 5.68. The molecule has 0 radical (unpaired) electrons. The van der Waals surface area contributed by atoms with E-state index in [-0.39, 0.29) is 12.1 Å². The van der Waals surface area contributed by atoms with Gasteiger partial charge in [-0.3, -0.25) is 0 Å². The van der Waals surface area contributed by atoms with Crippen LogP contribution in [0.1, 0.15) is 46.5 Å². The van der Waals surface area contributed by atoms with Gasteiger partial charge in [0, 0.05) is 12.1 Å². The monoisotopic (exact) mass is 292 g/mol. The molecule has 2 saturated carbocycles. The van der Waals surface area contributed by atoms with Gasteiger partial charge in [-0.2, -0.15) is 0 Å². The minimum atomic E-state index is -0.416. The third kappa shape index (κ3) is 3.79. The summed E-state index contributed by atoms with van der Waals surface area (Å²) >= 11 is 0. The van der Waals surface area contributed by atoms with Crippen LogP contribution in [-0.4, -0.2) is 30.3 Å². The van der Waals surface area contributed by atoms with Crippen LogP contribution in [0, 0.1) is 17.8 Å². The number of carbonyl (C=O) groups excluding carboxylic acids is 1. The maximum absolute atomic E-state index is 11.7. The lowest BCUT2D eigenvalue weighted by Gasteiger charge is -2.37. The maximum Gasteiger partial charge on any atom is 0.407 e. The van der Waals surface area contributed by atoms with E-state index in [4.69, 9.17) is 4.74 Å². The number of amides is 1. The van der Waals surface area contributed by atoms with Crippen LogP contribution in [0.25, 0.3) is 0 Å². The molecule has 0 saturated heterocycles. The van der Waals surface area contributed by atoms with E-state index in [1.807, 2.05) is 20.8 Å². The molecule has 118 valence electrons. The molecule has 2 fully saturated rings. The smallest absolute Gasteiger partial charge is 0.407 e. The van der Waals surface area contributed by atoms with Crippen molar-refractivity contribution in [3.05, 3.63) is 12.2 Å². The Kier molecular flexibility index (Phi) is 4.00. The van der Waals surface area contributed by atoms with Gasteiger partial charge in [-0.05, 0) is 70.8 Å². The number of carbonyl (C=O) groups is 1. The van der Waals surface area contributed by atoms with Crippen molar-refractivity contribution in [2.75, 3.05) is 6.54 Å². The molecule has 0 aliphatic heterocycles. The molecule has 4 heteroatoms. The molecule has 2 N–H and O–H groups in total. The van der Waals surface area contributed by atoms with Crippen molar-refractivity contribution in [3.8, 4) is 0 Å². The Bertz CT molecular complexity index is 421. The quantitative estimate of drug-likeness (QED) is 0.783. The number of hydrogen-bond donors (Lipinski definition) is 2. The van der Waals surface area contributed by atoms with Crippen molar-refractivity contribution in [2.45, 2.75) is 64.1 Å². The normalized spacial score (nSPS) is 37.4. The zero-order valence-corrected chi connectivity index (χ0v) is 13.4. The van der Waals surface area contributed by atoms with E-state index < -0.39 is 5.60 Å². The minimum absolute atomic E-state index is 0.275. The molecule has 0 aromatic carbocycles. The molecule has 3 atom stereocenters. The van der Waals surface area contributed by atoms with Gasteiger partial charge < -0.3 is 15.4 Å². The lowest BCUT2D eigenvalue weighted by Crippen LogP contribution is -2.53. The number of nitrogens with one attached hydrogen (secondary N) is 2. The van der Waals surface area contributed by atoms with Crippen LogP contribution in [-0.2, 0) is 4.74 Å². The zero-order chi connectivity index (χ0) is 15.0. The highest BCUT2D eigenvalue weighted by atomic mass is 16.6. The molecule has 21 heavy (non-hydrogen) atoms. The van der Waals surface area contributed by atoms with Gasteiger partial charge >= 0.3 is 6.09 Å². The van der Waals surface area contributed by atoms with Gasteiger partial charge in [0.05, 0.1) is 0 Å². The lowest BCUT2D eigenvalue weighted by molar-refractivity contribution is 0.0464. The Hall–Kier alpha value is -1.03. The van der Waals surface area contributed by atoms with Crippen LogP contribution in [0.5, 0.6) is 0 Å². The average molecular weight is 292 g/mol. The van der Waals surface area contributed by atoms with E-state index >= 15 is 0 Å². The summed E-state index contributed by atoms with van der Waals surface area (Å²) in [6.45, 7) is 6.81. The summed E-state index contributed by atoms with van der Waals surface area (Å²) in [4.78, 5) is 11.7. The predicted octanol–water partition coefficient (Wildman–Crippen LogP) is 2.84. The molecule has 1 amide bonds. The first-order valence-electron chi connectivity index (χ1n) is 8.30.